The smallest absolute Gasteiger partial charge is 0.251 e. The van der Waals surface area contributed by atoms with Crippen LogP contribution in [0.3, 0.4) is 0 Å². The number of fused-ring (bicyclic) bond motifs is 1. The van der Waals surface area contributed by atoms with Gasteiger partial charge < -0.3 is 10.6 Å². The fourth-order valence-corrected chi connectivity index (χ4v) is 2.87. The van der Waals surface area contributed by atoms with Gasteiger partial charge >= 0.3 is 0 Å². The van der Waals surface area contributed by atoms with Gasteiger partial charge in [-0.25, -0.2) is 4.68 Å². The molecule has 0 fully saturated rings. The first kappa shape index (κ1) is 20.2. The lowest BCUT2D eigenvalue weighted by molar-refractivity contribution is -0.117. The number of rotatable bonds is 7. The maximum absolute atomic E-state index is 12.5. The van der Waals surface area contributed by atoms with E-state index in [9.17, 15) is 14.4 Å². The Bertz CT molecular complexity index is 1060. The van der Waals surface area contributed by atoms with Crippen LogP contribution in [0.5, 0.6) is 0 Å². The summed E-state index contributed by atoms with van der Waals surface area (Å²) < 4.78 is 1.80. The number of carbonyl (C=O) groups excluding carboxylic acids is 3. The maximum atomic E-state index is 12.5. The minimum absolute atomic E-state index is 0.0461. The van der Waals surface area contributed by atoms with Gasteiger partial charge in [0.2, 0.25) is 5.91 Å². The number of hydrogen-bond donors (Lipinski definition) is 2. The summed E-state index contributed by atoms with van der Waals surface area (Å²) in [4.78, 5) is 36.2. The zero-order chi connectivity index (χ0) is 21.0. The average Bonchev–Trinajstić information content (AvgIpc) is 3.10. The number of aromatic nitrogens is 3. The minimum Gasteiger partial charge on any atom is -0.341 e. The topological polar surface area (TPSA) is 106 Å². The highest BCUT2D eigenvalue weighted by Crippen LogP contribution is 2.14. The van der Waals surface area contributed by atoms with E-state index in [1.54, 1.807) is 54.1 Å². The Kier molecular flexibility index (Phi) is 6.01. The van der Waals surface area contributed by atoms with Crippen molar-refractivity contribution in [3.8, 4) is 0 Å². The molecule has 1 heterocycles. The van der Waals surface area contributed by atoms with Gasteiger partial charge in [-0.3, -0.25) is 14.4 Å². The van der Waals surface area contributed by atoms with Crippen LogP contribution in [-0.2, 0) is 11.3 Å². The monoisotopic (exact) mass is 393 g/mol. The van der Waals surface area contributed by atoms with E-state index in [0.29, 0.717) is 22.3 Å². The van der Waals surface area contributed by atoms with Crippen molar-refractivity contribution in [3.05, 3.63) is 53.6 Å². The lowest BCUT2D eigenvalue weighted by Gasteiger charge is -2.14. The van der Waals surface area contributed by atoms with Crippen molar-refractivity contribution in [3.63, 3.8) is 0 Å². The van der Waals surface area contributed by atoms with Gasteiger partial charge in [0, 0.05) is 23.4 Å². The summed E-state index contributed by atoms with van der Waals surface area (Å²) in [6.07, 6.45) is 0.935. The van der Waals surface area contributed by atoms with Crippen molar-refractivity contribution in [1.82, 2.24) is 20.3 Å². The summed E-state index contributed by atoms with van der Waals surface area (Å²) >= 11 is 0. The van der Waals surface area contributed by atoms with Crippen LogP contribution in [0.15, 0.2) is 42.5 Å². The standard InChI is InChI=1S/C21H23N5O3/c1-4-11-26-19-10-7-16(12-18(19)24-25-26)21(29)22-13(2)20(28)23-17-8-5-15(6-9-17)14(3)27/h5-10,12-13H,4,11H2,1-3H3,(H,22,29)(H,23,28). The van der Waals surface area contributed by atoms with Gasteiger partial charge in [0.05, 0.1) is 5.52 Å². The van der Waals surface area contributed by atoms with Crippen molar-refractivity contribution in [2.45, 2.75) is 39.8 Å². The van der Waals surface area contributed by atoms with Crippen LogP contribution >= 0.6 is 0 Å². The summed E-state index contributed by atoms with van der Waals surface area (Å²) in [5.41, 5.74) is 3.02. The summed E-state index contributed by atoms with van der Waals surface area (Å²) in [7, 11) is 0. The van der Waals surface area contributed by atoms with E-state index in [0.717, 1.165) is 18.5 Å². The molecule has 2 aromatic carbocycles. The number of nitrogens with zero attached hydrogens (tertiary/aromatic N) is 3. The van der Waals surface area contributed by atoms with E-state index in [-0.39, 0.29) is 17.6 Å². The lowest BCUT2D eigenvalue weighted by Crippen LogP contribution is -2.41. The van der Waals surface area contributed by atoms with Crippen molar-refractivity contribution < 1.29 is 14.4 Å². The van der Waals surface area contributed by atoms with E-state index in [1.807, 2.05) is 0 Å². The Morgan fingerprint density at radius 3 is 2.41 bits per heavy atom. The van der Waals surface area contributed by atoms with E-state index < -0.39 is 6.04 Å². The molecule has 0 aliphatic rings. The molecule has 3 rings (SSSR count). The molecule has 0 bridgehead atoms. The number of anilines is 1. The molecular weight excluding hydrogens is 370 g/mol. The van der Waals surface area contributed by atoms with Gasteiger partial charge in [0.25, 0.3) is 5.91 Å². The van der Waals surface area contributed by atoms with Crippen LogP contribution in [0.1, 0.15) is 47.9 Å². The van der Waals surface area contributed by atoms with Crippen LogP contribution in [0.2, 0.25) is 0 Å². The fourth-order valence-electron chi connectivity index (χ4n) is 2.87. The molecule has 0 radical (unpaired) electrons. The molecule has 1 aromatic heterocycles. The number of nitrogens with one attached hydrogen (secondary N) is 2. The van der Waals surface area contributed by atoms with Gasteiger partial charge in [-0.1, -0.05) is 12.1 Å². The predicted molar refractivity (Wildman–Crippen MR) is 110 cm³/mol. The van der Waals surface area contributed by atoms with E-state index in [2.05, 4.69) is 27.9 Å². The molecule has 1 unspecified atom stereocenters. The largest absolute Gasteiger partial charge is 0.341 e. The van der Waals surface area contributed by atoms with Crippen molar-refractivity contribution >= 4 is 34.3 Å². The lowest BCUT2D eigenvalue weighted by atomic mass is 10.1. The van der Waals surface area contributed by atoms with Crippen LogP contribution in [0.25, 0.3) is 11.0 Å². The van der Waals surface area contributed by atoms with E-state index in [1.165, 1.54) is 6.92 Å². The number of amides is 2. The first-order valence-electron chi connectivity index (χ1n) is 9.45. The molecule has 0 saturated carbocycles. The summed E-state index contributed by atoms with van der Waals surface area (Å²) in [5.74, 6) is -0.773. The summed E-state index contributed by atoms with van der Waals surface area (Å²) in [6, 6.07) is 11.0. The Hall–Kier alpha value is -3.55. The van der Waals surface area contributed by atoms with E-state index >= 15 is 0 Å². The van der Waals surface area contributed by atoms with Gasteiger partial charge in [-0.15, -0.1) is 5.10 Å². The molecule has 29 heavy (non-hydrogen) atoms. The average molecular weight is 393 g/mol. The SMILES string of the molecule is CCCn1nnc2cc(C(=O)NC(C)C(=O)Nc3ccc(C(C)=O)cc3)ccc21. The highest BCUT2D eigenvalue weighted by atomic mass is 16.2. The Labute approximate surface area is 168 Å². The Morgan fingerprint density at radius 2 is 1.76 bits per heavy atom. The number of aryl methyl sites for hydroxylation is 1. The highest BCUT2D eigenvalue weighted by molar-refractivity contribution is 6.02. The molecule has 8 nitrogen and oxygen atoms in total. The highest BCUT2D eigenvalue weighted by Gasteiger charge is 2.18. The number of Topliss-reactive ketones (excluding diaryl/α,β-unsaturated/α-hetero) is 1. The maximum Gasteiger partial charge on any atom is 0.251 e. The predicted octanol–water partition coefficient (Wildman–Crippen LogP) is 2.80. The molecule has 1 atom stereocenters. The minimum atomic E-state index is -0.749. The molecule has 2 amide bonds. The molecule has 0 saturated heterocycles. The third kappa shape index (κ3) is 4.66. The molecule has 0 aliphatic carbocycles. The first-order valence-corrected chi connectivity index (χ1v) is 9.45. The molecule has 3 aromatic rings. The van der Waals surface area contributed by atoms with Crippen molar-refractivity contribution in [2.75, 3.05) is 5.32 Å². The number of carbonyl (C=O) groups is 3. The zero-order valence-corrected chi connectivity index (χ0v) is 16.6. The molecule has 0 spiro atoms. The van der Waals surface area contributed by atoms with Crippen molar-refractivity contribution in [1.29, 1.82) is 0 Å². The second-order valence-corrected chi connectivity index (χ2v) is 6.83. The van der Waals surface area contributed by atoms with Gasteiger partial charge in [-0.05, 0) is 62.7 Å². The molecule has 150 valence electrons. The van der Waals surface area contributed by atoms with Gasteiger partial charge in [0.1, 0.15) is 11.6 Å². The number of ketones is 1. The normalized spacial score (nSPS) is 11.8. The summed E-state index contributed by atoms with van der Waals surface area (Å²) in [5, 5.41) is 13.6. The van der Waals surface area contributed by atoms with Crippen LogP contribution in [-0.4, -0.2) is 38.6 Å². The quantitative estimate of drug-likeness (QED) is 0.601. The van der Waals surface area contributed by atoms with Crippen LogP contribution in [0, 0.1) is 0 Å². The van der Waals surface area contributed by atoms with Crippen LogP contribution < -0.4 is 10.6 Å². The third-order valence-electron chi connectivity index (χ3n) is 4.51. The third-order valence-corrected chi connectivity index (χ3v) is 4.51. The first-order chi connectivity index (χ1) is 13.9. The second-order valence-electron chi connectivity index (χ2n) is 6.83. The molecule has 2 N–H and O–H groups in total. The van der Waals surface area contributed by atoms with Crippen molar-refractivity contribution in [2.24, 2.45) is 0 Å². The van der Waals surface area contributed by atoms with E-state index in [4.69, 9.17) is 0 Å². The zero-order valence-electron chi connectivity index (χ0n) is 16.6. The second kappa shape index (κ2) is 8.64. The van der Waals surface area contributed by atoms with Crippen LogP contribution in [0.4, 0.5) is 5.69 Å². The number of benzene rings is 2. The molecule has 0 aliphatic heterocycles. The molecular formula is C21H23N5O3. The van der Waals surface area contributed by atoms with Gasteiger partial charge in [-0.2, -0.15) is 0 Å². The molecule has 8 heteroatoms. The Morgan fingerprint density at radius 1 is 1.07 bits per heavy atom. The van der Waals surface area contributed by atoms with Gasteiger partial charge in [0.15, 0.2) is 5.78 Å². The fraction of sp³-hybridized carbons (Fsp3) is 0.286. The Balaban J connectivity index is 1.64. The number of hydrogen-bond acceptors (Lipinski definition) is 5. The summed E-state index contributed by atoms with van der Waals surface area (Å²) in [6.45, 7) is 5.90.